The highest BCUT2D eigenvalue weighted by Crippen LogP contribution is 2.32. The predicted octanol–water partition coefficient (Wildman–Crippen LogP) is 1.15. The van der Waals surface area contributed by atoms with E-state index in [2.05, 4.69) is 0 Å². The molecule has 1 heterocycles. The quantitative estimate of drug-likeness (QED) is 0.700. The Morgan fingerprint density at radius 3 is 2.50 bits per heavy atom. The van der Waals surface area contributed by atoms with Gasteiger partial charge in [0.15, 0.2) is 0 Å². The molecule has 2 fully saturated rings. The lowest BCUT2D eigenvalue weighted by Gasteiger charge is -2.37. The molecule has 4 N–H and O–H groups in total. The molecular weight excluding hydrogens is 176 g/mol. The van der Waals surface area contributed by atoms with E-state index >= 15 is 0 Å². The lowest BCUT2D eigenvalue weighted by Crippen LogP contribution is -2.48. The van der Waals surface area contributed by atoms with Crippen molar-refractivity contribution in [3.05, 3.63) is 0 Å². The van der Waals surface area contributed by atoms with E-state index in [9.17, 15) is 0 Å². The molecular formula is C11H22N2O. The Morgan fingerprint density at radius 2 is 1.93 bits per heavy atom. The molecule has 2 aliphatic rings. The van der Waals surface area contributed by atoms with Crippen LogP contribution in [-0.2, 0) is 4.74 Å². The number of ether oxygens (including phenoxy) is 1. The Morgan fingerprint density at radius 1 is 1.21 bits per heavy atom. The van der Waals surface area contributed by atoms with E-state index in [4.69, 9.17) is 16.2 Å². The van der Waals surface area contributed by atoms with Crippen LogP contribution < -0.4 is 11.5 Å². The van der Waals surface area contributed by atoms with Crippen LogP contribution in [0.1, 0.15) is 44.9 Å². The third-order valence-corrected chi connectivity index (χ3v) is 3.68. The van der Waals surface area contributed by atoms with Crippen LogP contribution in [0.5, 0.6) is 0 Å². The second-order valence-electron chi connectivity index (χ2n) is 5.04. The maximum Gasteiger partial charge on any atom is 0.0593 e. The molecule has 1 aliphatic carbocycles. The number of hydrogen-bond donors (Lipinski definition) is 2. The molecule has 0 aromatic heterocycles. The van der Waals surface area contributed by atoms with Gasteiger partial charge in [0, 0.05) is 18.2 Å². The summed E-state index contributed by atoms with van der Waals surface area (Å²) in [6, 6.07) is 0.385. The van der Waals surface area contributed by atoms with Gasteiger partial charge in [0.25, 0.3) is 0 Å². The van der Waals surface area contributed by atoms with E-state index in [1.54, 1.807) is 0 Å². The zero-order chi connectivity index (χ0) is 10.0. The third-order valence-electron chi connectivity index (χ3n) is 3.68. The fourth-order valence-corrected chi connectivity index (χ4v) is 2.68. The van der Waals surface area contributed by atoms with Crippen molar-refractivity contribution in [2.24, 2.45) is 11.5 Å². The first kappa shape index (κ1) is 10.4. The van der Waals surface area contributed by atoms with E-state index in [-0.39, 0.29) is 5.54 Å². The van der Waals surface area contributed by atoms with Gasteiger partial charge >= 0.3 is 0 Å². The van der Waals surface area contributed by atoms with E-state index in [1.807, 2.05) is 0 Å². The molecule has 2 rings (SSSR count). The Kier molecular flexibility index (Phi) is 3.10. The van der Waals surface area contributed by atoms with Gasteiger partial charge in [-0.1, -0.05) is 0 Å². The summed E-state index contributed by atoms with van der Waals surface area (Å²) < 4.78 is 5.64. The van der Waals surface area contributed by atoms with Gasteiger partial charge in [-0.2, -0.15) is 0 Å². The van der Waals surface area contributed by atoms with Gasteiger partial charge < -0.3 is 16.2 Å². The SMILES string of the molecule is NC1CCC(N)(CC2CCCO2)CC1. The van der Waals surface area contributed by atoms with Gasteiger partial charge in [0.1, 0.15) is 0 Å². The van der Waals surface area contributed by atoms with Gasteiger partial charge in [-0.05, 0) is 44.9 Å². The summed E-state index contributed by atoms with van der Waals surface area (Å²) in [7, 11) is 0. The van der Waals surface area contributed by atoms with E-state index in [0.717, 1.165) is 38.7 Å². The van der Waals surface area contributed by atoms with E-state index in [0.29, 0.717) is 12.1 Å². The summed E-state index contributed by atoms with van der Waals surface area (Å²) in [6.45, 7) is 0.931. The normalized spacial score (nSPS) is 44.1. The van der Waals surface area contributed by atoms with Gasteiger partial charge in [-0.3, -0.25) is 0 Å². The van der Waals surface area contributed by atoms with Crippen LogP contribution in [0.3, 0.4) is 0 Å². The molecule has 0 radical (unpaired) electrons. The minimum atomic E-state index is 0.0187. The van der Waals surface area contributed by atoms with Gasteiger partial charge in [-0.25, -0.2) is 0 Å². The largest absolute Gasteiger partial charge is 0.378 e. The van der Waals surface area contributed by atoms with Gasteiger partial charge in [0.2, 0.25) is 0 Å². The highest BCUT2D eigenvalue weighted by atomic mass is 16.5. The smallest absolute Gasteiger partial charge is 0.0593 e. The third kappa shape index (κ3) is 2.47. The molecule has 0 aromatic carbocycles. The van der Waals surface area contributed by atoms with Crippen molar-refractivity contribution >= 4 is 0 Å². The highest BCUT2D eigenvalue weighted by Gasteiger charge is 2.34. The summed E-state index contributed by atoms with van der Waals surface area (Å²) in [4.78, 5) is 0. The molecule has 1 saturated carbocycles. The van der Waals surface area contributed by atoms with Crippen LogP contribution in [0, 0.1) is 0 Å². The monoisotopic (exact) mass is 198 g/mol. The topological polar surface area (TPSA) is 61.3 Å². The van der Waals surface area contributed by atoms with Crippen molar-refractivity contribution in [2.75, 3.05) is 6.61 Å². The van der Waals surface area contributed by atoms with Gasteiger partial charge in [0.05, 0.1) is 6.10 Å². The fraction of sp³-hybridized carbons (Fsp3) is 1.00. The van der Waals surface area contributed by atoms with Crippen LogP contribution in [-0.4, -0.2) is 24.3 Å². The van der Waals surface area contributed by atoms with Crippen molar-refractivity contribution in [2.45, 2.75) is 62.6 Å². The summed E-state index contributed by atoms with van der Waals surface area (Å²) in [6.07, 6.45) is 8.20. The molecule has 1 unspecified atom stereocenters. The zero-order valence-corrected chi connectivity index (χ0v) is 8.87. The molecule has 1 saturated heterocycles. The first-order chi connectivity index (χ1) is 6.68. The fourth-order valence-electron chi connectivity index (χ4n) is 2.68. The van der Waals surface area contributed by atoms with Crippen molar-refractivity contribution < 1.29 is 4.74 Å². The highest BCUT2D eigenvalue weighted by molar-refractivity contribution is 4.93. The summed E-state index contributed by atoms with van der Waals surface area (Å²) in [5, 5.41) is 0. The van der Waals surface area contributed by atoms with Crippen LogP contribution >= 0.6 is 0 Å². The number of hydrogen-bond acceptors (Lipinski definition) is 3. The summed E-state index contributed by atoms with van der Waals surface area (Å²) in [5.41, 5.74) is 12.3. The Labute approximate surface area is 86.2 Å². The van der Waals surface area contributed by atoms with Crippen molar-refractivity contribution in [3.8, 4) is 0 Å². The molecule has 0 bridgehead atoms. The van der Waals surface area contributed by atoms with E-state index < -0.39 is 0 Å². The maximum absolute atomic E-state index is 6.37. The Hall–Kier alpha value is -0.120. The van der Waals surface area contributed by atoms with Crippen LogP contribution in [0.15, 0.2) is 0 Å². The first-order valence-corrected chi connectivity index (χ1v) is 5.84. The van der Waals surface area contributed by atoms with Crippen LogP contribution in [0.2, 0.25) is 0 Å². The minimum absolute atomic E-state index is 0.0187. The Balaban J connectivity index is 1.82. The number of nitrogens with two attached hydrogens (primary N) is 2. The molecule has 14 heavy (non-hydrogen) atoms. The molecule has 3 nitrogen and oxygen atoms in total. The first-order valence-electron chi connectivity index (χ1n) is 5.84. The molecule has 0 amide bonds. The van der Waals surface area contributed by atoms with Gasteiger partial charge in [-0.15, -0.1) is 0 Å². The molecule has 3 heteroatoms. The van der Waals surface area contributed by atoms with Crippen LogP contribution in [0.25, 0.3) is 0 Å². The molecule has 1 atom stereocenters. The van der Waals surface area contributed by atoms with Crippen molar-refractivity contribution in [1.29, 1.82) is 0 Å². The van der Waals surface area contributed by atoms with Crippen molar-refractivity contribution in [3.63, 3.8) is 0 Å². The zero-order valence-electron chi connectivity index (χ0n) is 8.87. The maximum atomic E-state index is 6.37. The minimum Gasteiger partial charge on any atom is -0.378 e. The second-order valence-corrected chi connectivity index (χ2v) is 5.04. The lowest BCUT2D eigenvalue weighted by atomic mass is 9.77. The number of rotatable bonds is 2. The van der Waals surface area contributed by atoms with Crippen LogP contribution in [0.4, 0.5) is 0 Å². The van der Waals surface area contributed by atoms with E-state index in [1.165, 1.54) is 12.8 Å². The average molecular weight is 198 g/mol. The standard InChI is InChI=1S/C11H22N2O/c12-9-3-5-11(13,6-4-9)8-10-2-1-7-14-10/h9-10H,1-8,12-13H2. The molecule has 0 aromatic rings. The second kappa shape index (κ2) is 4.17. The Bertz CT molecular complexity index is 182. The molecule has 82 valence electrons. The average Bonchev–Trinajstić information content (AvgIpc) is 2.63. The molecule has 0 spiro atoms. The predicted molar refractivity (Wildman–Crippen MR) is 57.0 cm³/mol. The molecule has 1 aliphatic heterocycles. The van der Waals surface area contributed by atoms with Crippen molar-refractivity contribution in [1.82, 2.24) is 0 Å². The lowest BCUT2D eigenvalue weighted by molar-refractivity contribution is 0.0728. The summed E-state index contributed by atoms with van der Waals surface area (Å²) >= 11 is 0. The summed E-state index contributed by atoms with van der Waals surface area (Å²) in [5.74, 6) is 0.